The van der Waals surface area contributed by atoms with Gasteiger partial charge in [0, 0.05) is 31.4 Å². The maximum atomic E-state index is 10.7. The molecule has 0 atom stereocenters. The summed E-state index contributed by atoms with van der Waals surface area (Å²) in [5, 5.41) is 18.1. The summed E-state index contributed by atoms with van der Waals surface area (Å²) in [6.07, 6.45) is 5.02. The van der Waals surface area contributed by atoms with E-state index in [1.54, 1.807) is 4.68 Å². The largest absolute Gasteiger partial charge is 0.365 e. The minimum atomic E-state index is -0.473. The topological polar surface area (TPSA) is 85.9 Å². The predicted octanol–water partition coefficient (Wildman–Crippen LogP) is 3.76. The van der Waals surface area contributed by atoms with Crippen LogP contribution in [0.5, 0.6) is 0 Å². The Balaban J connectivity index is 1.74. The van der Waals surface area contributed by atoms with Crippen LogP contribution >= 0.6 is 15.9 Å². The Hall–Kier alpha value is -2.74. The van der Waals surface area contributed by atoms with E-state index in [4.69, 9.17) is 0 Å². The third-order valence-corrected chi connectivity index (χ3v) is 4.07. The number of hydrogen-bond donors (Lipinski definition) is 1. The number of nitrogens with one attached hydrogen (secondary N) is 1. The molecule has 24 heavy (non-hydrogen) atoms. The minimum absolute atomic E-state index is 0.0500. The normalized spacial score (nSPS) is 10.6. The molecule has 0 fully saturated rings. The molecule has 0 bridgehead atoms. The van der Waals surface area contributed by atoms with Crippen LogP contribution in [0.2, 0.25) is 0 Å². The lowest BCUT2D eigenvalue weighted by molar-refractivity contribution is -0.385. The molecule has 0 radical (unpaired) electrons. The molecule has 0 aliphatic carbocycles. The van der Waals surface area contributed by atoms with E-state index >= 15 is 0 Å². The highest BCUT2D eigenvalue weighted by Gasteiger charge is 2.10. The van der Waals surface area contributed by atoms with Crippen molar-refractivity contribution in [2.45, 2.75) is 6.54 Å². The third-order valence-electron chi connectivity index (χ3n) is 3.46. The van der Waals surface area contributed by atoms with E-state index in [1.807, 2.05) is 37.6 Å². The van der Waals surface area contributed by atoms with E-state index in [9.17, 15) is 10.1 Å². The Morgan fingerprint density at radius 3 is 2.79 bits per heavy atom. The molecule has 0 aliphatic heterocycles. The fourth-order valence-electron chi connectivity index (χ4n) is 2.27. The lowest BCUT2D eigenvalue weighted by atomic mass is 10.1. The molecule has 0 saturated heterocycles. The summed E-state index contributed by atoms with van der Waals surface area (Å²) in [5.41, 5.74) is 3.15. The fourth-order valence-corrected chi connectivity index (χ4v) is 2.75. The zero-order valence-corrected chi connectivity index (χ0v) is 14.4. The van der Waals surface area contributed by atoms with Gasteiger partial charge in [-0.1, -0.05) is 18.2 Å². The van der Waals surface area contributed by atoms with Crippen molar-refractivity contribution >= 4 is 27.4 Å². The van der Waals surface area contributed by atoms with Gasteiger partial charge in [0.25, 0.3) is 5.69 Å². The van der Waals surface area contributed by atoms with Gasteiger partial charge in [-0.25, -0.2) is 4.98 Å². The average Bonchev–Trinajstić information content (AvgIpc) is 3.00. The van der Waals surface area contributed by atoms with Gasteiger partial charge in [0.2, 0.25) is 0 Å². The molecule has 2 heterocycles. The molecule has 1 aromatic carbocycles. The van der Waals surface area contributed by atoms with Gasteiger partial charge in [-0.15, -0.1) is 0 Å². The number of rotatable bonds is 5. The first-order chi connectivity index (χ1) is 11.5. The first-order valence-corrected chi connectivity index (χ1v) is 7.94. The van der Waals surface area contributed by atoms with Gasteiger partial charge < -0.3 is 5.32 Å². The molecule has 0 saturated carbocycles. The van der Waals surface area contributed by atoms with E-state index in [2.05, 4.69) is 37.4 Å². The Morgan fingerprint density at radius 2 is 2.12 bits per heavy atom. The van der Waals surface area contributed by atoms with E-state index < -0.39 is 4.92 Å². The Morgan fingerprint density at radius 1 is 1.29 bits per heavy atom. The number of aromatic nitrogens is 3. The Labute approximate surface area is 146 Å². The smallest absolute Gasteiger partial charge is 0.288 e. The maximum Gasteiger partial charge on any atom is 0.288 e. The molecule has 122 valence electrons. The molecule has 1 N–H and O–H groups in total. The third kappa shape index (κ3) is 3.60. The summed E-state index contributed by atoms with van der Waals surface area (Å²) in [6, 6.07) is 9.52. The van der Waals surface area contributed by atoms with Crippen molar-refractivity contribution in [3.05, 3.63) is 69.1 Å². The Kier molecular flexibility index (Phi) is 4.57. The van der Waals surface area contributed by atoms with Crippen LogP contribution in [0, 0.1) is 10.1 Å². The summed E-state index contributed by atoms with van der Waals surface area (Å²) >= 11 is 3.30. The van der Waals surface area contributed by atoms with Gasteiger partial charge >= 0.3 is 0 Å². The zero-order chi connectivity index (χ0) is 17.1. The standard InChI is InChI=1S/C16H14BrN5O2/c1-21-10-13(8-20-21)12-4-2-3-11(5-12)7-18-16-15(17)6-14(9-19-16)22(23)24/h2-6,8-10H,7H2,1H3,(H,18,19). The highest BCUT2D eigenvalue weighted by molar-refractivity contribution is 9.10. The summed E-state index contributed by atoms with van der Waals surface area (Å²) in [6.45, 7) is 0.553. The van der Waals surface area contributed by atoms with Gasteiger partial charge in [0.1, 0.15) is 12.0 Å². The highest BCUT2D eigenvalue weighted by atomic mass is 79.9. The van der Waals surface area contributed by atoms with Crippen LogP contribution in [0.15, 0.2) is 53.4 Å². The average molecular weight is 388 g/mol. The highest BCUT2D eigenvalue weighted by Crippen LogP contribution is 2.25. The lowest BCUT2D eigenvalue weighted by Crippen LogP contribution is -2.03. The number of anilines is 1. The first-order valence-electron chi connectivity index (χ1n) is 7.15. The molecule has 2 aromatic heterocycles. The summed E-state index contributed by atoms with van der Waals surface area (Å²) in [5.74, 6) is 0.562. The Bertz CT molecular complexity index is 894. The van der Waals surface area contributed by atoms with Gasteiger partial charge in [-0.3, -0.25) is 14.8 Å². The number of hydrogen-bond acceptors (Lipinski definition) is 5. The molecule has 8 heteroatoms. The van der Waals surface area contributed by atoms with Crippen molar-refractivity contribution < 1.29 is 4.92 Å². The van der Waals surface area contributed by atoms with Crippen molar-refractivity contribution in [3.8, 4) is 11.1 Å². The number of pyridine rings is 1. The van der Waals surface area contributed by atoms with Crippen molar-refractivity contribution in [2.24, 2.45) is 7.05 Å². The van der Waals surface area contributed by atoms with Gasteiger partial charge in [0.05, 0.1) is 15.6 Å². The van der Waals surface area contributed by atoms with Crippen LogP contribution < -0.4 is 5.32 Å². The fraction of sp³-hybridized carbons (Fsp3) is 0.125. The van der Waals surface area contributed by atoms with Crippen LogP contribution in [0.4, 0.5) is 11.5 Å². The van der Waals surface area contributed by atoms with Gasteiger partial charge in [-0.2, -0.15) is 5.10 Å². The number of nitro groups is 1. The summed E-state index contributed by atoms with van der Waals surface area (Å²) < 4.78 is 2.32. The second-order valence-electron chi connectivity index (χ2n) is 5.24. The van der Waals surface area contributed by atoms with Crippen LogP contribution in [-0.4, -0.2) is 19.7 Å². The predicted molar refractivity (Wildman–Crippen MR) is 94.6 cm³/mol. The molecule has 0 aliphatic rings. The zero-order valence-electron chi connectivity index (χ0n) is 12.8. The second kappa shape index (κ2) is 6.79. The number of nitrogens with zero attached hydrogens (tertiary/aromatic N) is 4. The monoisotopic (exact) mass is 387 g/mol. The van der Waals surface area contributed by atoms with Crippen LogP contribution in [0.25, 0.3) is 11.1 Å². The van der Waals surface area contributed by atoms with E-state index in [0.29, 0.717) is 16.8 Å². The molecule has 0 amide bonds. The molecular weight excluding hydrogens is 374 g/mol. The molecule has 7 nitrogen and oxygen atoms in total. The second-order valence-corrected chi connectivity index (χ2v) is 6.09. The van der Waals surface area contributed by atoms with E-state index in [0.717, 1.165) is 16.7 Å². The van der Waals surface area contributed by atoms with Gasteiger partial charge in [0.15, 0.2) is 0 Å². The van der Waals surface area contributed by atoms with Crippen LogP contribution in [0.3, 0.4) is 0 Å². The molecule has 3 aromatic rings. The van der Waals surface area contributed by atoms with Crippen LogP contribution in [-0.2, 0) is 13.6 Å². The minimum Gasteiger partial charge on any atom is -0.365 e. The van der Waals surface area contributed by atoms with Crippen molar-refractivity contribution in [1.29, 1.82) is 0 Å². The van der Waals surface area contributed by atoms with Crippen molar-refractivity contribution in [2.75, 3.05) is 5.32 Å². The molecule has 0 spiro atoms. The van der Waals surface area contributed by atoms with Crippen molar-refractivity contribution in [1.82, 2.24) is 14.8 Å². The number of benzene rings is 1. The number of halogens is 1. The number of aryl methyl sites for hydroxylation is 1. The molecular formula is C16H14BrN5O2. The van der Waals surface area contributed by atoms with Crippen LogP contribution in [0.1, 0.15) is 5.56 Å². The van der Waals surface area contributed by atoms with E-state index in [1.165, 1.54) is 12.3 Å². The van der Waals surface area contributed by atoms with Crippen molar-refractivity contribution in [3.63, 3.8) is 0 Å². The summed E-state index contributed by atoms with van der Waals surface area (Å²) in [4.78, 5) is 14.3. The lowest BCUT2D eigenvalue weighted by Gasteiger charge is -2.08. The first kappa shape index (κ1) is 16.1. The molecule has 0 unspecified atom stereocenters. The quantitative estimate of drug-likeness (QED) is 0.531. The van der Waals surface area contributed by atoms with Gasteiger partial charge in [-0.05, 0) is 33.1 Å². The molecule has 3 rings (SSSR count). The summed E-state index contributed by atoms with van der Waals surface area (Å²) in [7, 11) is 1.88. The maximum absolute atomic E-state index is 10.7. The van der Waals surface area contributed by atoms with E-state index in [-0.39, 0.29) is 5.69 Å². The SMILES string of the molecule is Cn1cc(-c2cccc(CNc3ncc([N+](=O)[O-])cc3Br)c2)cn1.